The summed E-state index contributed by atoms with van der Waals surface area (Å²) in [6.45, 7) is 0. The van der Waals surface area contributed by atoms with Gasteiger partial charge in [0.1, 0.15) is 5.00 Å². The first-order chi connectivity index (χ1) is 18.3. The first-order valence-electron chi connectivity index (χ1n) is 12.4. The number of para-hydroxylation sites is 1. The van der Waals surface area contributed by atoms with Crippen molar-refractivity contribution in [2.45, 2.75) is 9.79 Å². The molecule has 1 aliphatic heterocycles. The lowest BCUT2D eigenvalue weighted by molar-refractivity contribution is 1.14. The molecule has 1 aliphatic rings. The van der Waals surface area contributed by atoms with Crippen molar-refractivity contribution in [2.75, 3.05) is 0 Å². The van der Waals surface area contributed by atoms with E-state index in [-0.39, 0.29) is 0 Å². The molecule has 0 saturated heterocycles. The summed E-state index contributed by atoms with van der Waals surface area (Å²) in [7, 11) is 0. The molecule has 0 bridgehead atoms. The van der Waals surface area contributed by atoms with Gasteiger partial charge in [-0.1, -0.05) is 90.6 Å². The van der Waals surface area contributed by atoms with Crippen molar-refractivity contribution in [3.8, 4) is 38.4 Å². The minimum atomic E-state index is 1.23. The molecule has 0 aliphatic carbocycles. The Labute approximate surface area is 223 Å². The molecule has 0 saturated carbocycles. The van der Waals surface area contributed by atoms with Gasteiger partial charge < -0.3 is 0 Å². The van der Waals surface area contributed by atoms with Crippen molar-refractivity contribution >= 4 is 44.9 Å². The summed E-state index contributed by atoms with van der Waals surface area (Å²) < 4.78 is 2.47. The maximum Gasteiger partial charge on any atom is 0.114 e. The van der Waals surface area contributed by atoms with Gasteiger partial charge in [-0.05, 0) is 81.2 Å². The molecule has 0 atom stereocenters. The Bertz CT molecular complexity index is 1890. The zero-order valence-corrected chi connectivity index (χ0v) is 21.5. The fourth-order valence-corrected chi connectivity index (χ4v) is 7.71. The van der Waals surface area contributed by atoms with Crippen LogP contribution in [0.2, 0.25) is 0 Å². The van der Waals surface area contributed by atoms with Gasteiger partial charge in [0.25, 0.3) is 0 Å². The highest BCUT2D eigenvalue weighted by Gasteiger charge is 2.23. The molecule has 0 radical (unpaired) electrons. The number of rotatable bonds is 3. The highest BCUT2D eigenvalue weighted by atomic mass is 32.2. The normalized spacial score (nSPS) is 12.2. The Kier molecular flexibility index (Phi) is 4.69. The number of benzene rings is 5. The summed E-state index contributed by atoms with van der Waals surface area (Å²) in [5, 5.41) is 6.16. The zero-order chi connectivity index (χ0) is 24.3. The zero-order valence-electron chi connectivity index (χ0n) is 19.9. The highest BCUT2D eigenvalue weighted by Crippen LogP contribution is 2.49. The molecule has 3 heterocycles. The first kappa shape index (κ1) is 21.1. The number of hydrogen-bond donors (Lipinski definition) is 0. The molecule has 174 valence electrons. The standard InChI is InChI=1S/C34H21NS2/c1-3-8-22(9-4-1)25-18-26(23-10-5-2-6-11-23)20-27(19-25)24-14-15-30-29(21-24)28-12-7-13-31-33(28)35(30)34-32(37-31)16-17-36-34/h1-21H. The minimum Gasteiger partial charge on any atom is -0.299 e. The van der Waals surface area contributed by atoms with Gasteiger partial charge in [-0.25, -0.2) is 0 Å². The second kappa shape index (κ2) is 8.24. The van der Waals surface area contributed by atoms with E-state index >= 15 is 0 Å². The maximum atomic E-state index is 2.47. The summed E-state index contributed by atoms with van der Waals surface area (Å²) in [6.07, 6.45) is 0. The van der Waals surface area contributed by atoms with Crippen LogP contribution in [0.5, 0.6) is 0 Å². The Hall–Kier alpha value is -4.05. The van der Waals surface area contributed by atoms with E-state index in [1.807, 2.05) is 23.1 Å². The van der Waals surface area contributed by atoms with Crippen LogP contribution >= 0.6 is 23.1 Å². The monoisotopic (exact) mass is 507 g/mol. The van der Waals surface area contributed by atoms with Crippen LogP contribution in [0.4, 0.5) is 0 Å². The lowest BCUT2D eigenvalue weighted by Crippen LogP contribution is -1.97. The van der Waals surface area contributed by atoms with Gasteiger partial charge in [-0.3, -0.25) is 4.57 Å². The van der Waals surface area contributed by atoms with Crippen molar-refractivity contribution in [1.29, 1.82) is 0 Å². The van der Waals surface area contributed by atoms with Crippen LogP contribution in [0.15, 0.2) is 136 Å². The maximum absolute atomic E-state index is 2.47. The number of nitrogens with zero attached hydrogens (tertiary/aromatic N) is 1. The quantitative estimate of drug-likeness (QED) is 0.230. The van der Waals surface area contributed by atoms with E-state index < -0.39 is 0 Å². The van der Waals surface area contributed by atoms with Gasteiger partial charge in [0.2, 0.25) is 0 Å². The molecule has 0 unspecified atom stereocenters. The molecule has 3 heteroatoms. The summed E-state index contributed by atoms with van der Waals surface area (Å²) >= 11 is 3.71. The summed E-state index contributed by atoms with van der Waals surface area (Å²) in [6, 6.07) is 44.3. The fraction of sp³-hybridized carbons (Fsp3) is 0. The van der Waals surface area contributed by atoms with Crippen LogP contribution in [0, 0.1) is 0 Å². The fourth-order valence-electron chi connectivity index (χ4n) is 5.55. The van der Waals surface area contributed by atoms with E-state index in [1.54, 1.807) is 0 Å². The van der Waals surface area contributed by atoms with Crippen molar-refractivity contribution in [2.24, 2.45) is 0 Å². The molecule has 0 amide bonds. The van der Waals surface area contributed by atoms with Crippen LogP contribution < -0.4 is 0 Å². The van der Waals surface area contributed by atoms with E-state index in [9.17, 15) is 0 Å². The van der Waals surface area contributed by atoms with Gasteiger partial charge >= 0.3 is 0 Å². The van der Waals surface area contributed by atoms with Crippen molar-refractivity contribution < 1.29 is 0 Å². The minimum absolute atomic E-state index is 1.23. The van der Waals surface area contributed by atoms with Gasteiger partial charge in [-0.2, -0.15) is 0 Å². The molecular weight excluding hydrogens is 487 g/mol. The lowest BCUT2D eigenvalue weighted by atomic mass is 9.93. The van der Waals surface area contributed by atoms with Gasteiger partial charge in [0, 0.05) is 20.6 Å². The molecule has 37 heavy (non-hydrogen) atoms. The Morgan fingerprint density at radius 2 is 1.14 bits per heavy atom. The molecule has 0 N–H and O–H groups in total. The van der Waals surface area contributed by atoms with Crippen molar-refractivity contribution in [3.63, 3.8) is 0 Å². The predicted octanol–water partition coefficient (Wildman–Crippen LogP) is 10.3. The van der Waals surface area contributed by atoms with Crippen molar-refractivity contribution in [3.05, 3.63) is 127 Å². The average Bonchev–Trinajstić information content (AvgIpc) is 3.57. The van der Waals surface area contributed by atoms with Crippen LogP contribution in [0.1, 0.15) is 0 Å². The van der Waals surface area contributed by atoms with E-state index in [0.29, 0.717) is 0 Å². The van der Waals surface area contributed by atoms with E-state index in [0.717, 1.165) is 0 Å². The molecule has 8 rings (SSSR count). The Balaban J connectivity index is 1.38. The summed E-state index contributed by atoms with van der Waals surface area (Å²) in [4.78, 5) is 2.67. The molecule has 1 nitrogen and oxygen atoms in total. The first-order valence-corrected chi connectivity index (χ1v) is 14.1. The predicted molar refractivity (Wildman–Crippen MR) is 159 cm³/mol. The summed E-state index contributed by atoms with van der Waals surface area (Å²) in [5.41, 5.74) is 10.0. The molecule has 5 aromatic carbocycles. The van der Waals surface area contributed by atoms with Gasteiger partial charge in [-0.15, -0.1) is 11.3 Å². The molecular formula is C34H21NS2. The molecule has 2 aromatic heterocycles. The smallest absolute Gasteiger partial charge is 0.114 e. The largest absolute Gasteiger partial charge is 0.299 e. The van der Waals surface area contributed by atoms with E-state index in [1.165, 1.54) is 70.0 Å². The van der Waals surface area contributed by atoms with Crippen LogP contribution in [-0.2, 0) is 0 Å². The molecule has 7 aromatic rings. The third-order valence-corrected chi connectivity index (χ3v) is 9.39. The molecule has 0 fully saturated rings. The average molecular weight is 508 g/mol. The number of fused-ring (bicyclic) bond motifs is 5. The third kappa shape index (κ3) is 3.32. The van der Waals surface area contributed by atoms with Crippen LogP contribution in [0.3, 0.4) is 0 Å². The van der Waals surface area contributed by atoms with E-state index in [2.05, 4.69) is 131 Å². The van der Waals surface area contributed by atoms with Crippen molar-refractivity contribution in [1.82, 2.24) is 4.57 Å². The number of aromatic nitrogens is 1. The topological polar surface area (TPSA) is 4.93 Å². The van der Waals surface area contributed by atoms with E-state index in [4.69, 9.17) is 0 Å². The lowest BCUT2D eigenvalue weighted by Gasteiger charge is -2.16. The summed E-state index contributed by atoms with van der Waals surface area (Å²) in [5.74, 6) is 0. The highest BCUT2D eigenvalue weighted by molar-refractivity contribution is 8.00. The Morgan fingerprint density at radius 1 is 0.459 bits per heavy atom. The second-order valence-electron chi connectivity index (χ2n) is 9.44. The number of hydrogen-bond acceptors (Lipinski definition) is 2. The van der Waals surface area contributed by atoms with Gasteiger partial charge in [0.15, 0.2) is 0 Å². The number of thiophene rings is 1. The van der Waals surface area contributed by atoms with Crippen LogP contribution in [-0.4, -0.2) is 4.57 Å². The van der Waals surface area contributed by atoms with Gasteiger partial charge in [0.05, 0.1) is 11.0 Å². The van der Waals surface area contributed by atoms with Crippen LogP contribution in [0.25, 0.3) is 60.2 Å². The third-order valence-electron chi connectivity index (χ3n) is 7.26. The molecule has 0 spiro atoms. The Morgan fingerprint density at radius 3 is 1.84 bits per heavy atom. The SMILES string of the molecule is c1ccc(-c2cc(-c3ccccc3)cc(-c3ccc4c(c3)c3cccc5c3n4-c3sccc3S5)c2)cc1. The second-order valence-corrected chi connectivity index (χ2v) is 11.4.